The Bertz CT molecular complexity index is 931. The zero-order chi connectivity index (χ0) is 17.9. The number of sulfonamides is 1. The molecule has 1 aliphatic heterocycles. The fourth-order valence-corrected chi connectivity index (χ4v) is 5.57. The number of hydrogen-bond donors (Lipinski definition) is 1. The van der Waals surface area contributed by atoms with Gasteiger partial charge in [0.2, 0.25) is 10.0 Å². The van der Waals surface area contributed by atoms with Crippen LogP contribution in [0.1, 0.15) is 19.3 Å². The van der Waals surface area contributed by atoms with E-state index in [1.807, 2.05) is 0 Å². The molecule has 2 atom stereocenters. The van der Waals surface area contributed by atoms with Gasteiger partial charge in [0, 0.05) is 33.4 Å². The standard InChI is InChI=1S/C14H19N3O6S/c1-15-7-10(11(18)16(2)13(15)21)24(22,23)17-6-9-4-3-5-14(9,8-17)12(19)20/h7,9H,3-6,8H2,1-2H3,(H,19,20)/t9-,14+/m0/s1. The van der Waals surface area contributed by atoms with Gasteiger partial charge in [-0.1, -0.05) is 6.42 Å². The molecule has 2 aliphatic rings. The number of aryl methyl sites for hydroxylation is 1. The van der Waals surface area contributed by atoms with Gasteiger partial charge in [0.1, 0.15) is 0 Å². The van der Waals surface area contributed by atoms with Crippen LogP contribution in [-0.4, -0.2) is 46.0 Å². The number of carbonyl (C=O) groups is 1. The molecule has 1 N–H and O–H groups in total. The molecule has 1 saturated carbocycles. The van der Waals surface area contributed by atoms with Crippen LogP contribution in [-0.2, 0) is 28.9 Å². The number of carboxylic acid groups (broad SMARTS) is 1. The predicted molar refractivity (Wildman–Crippen MR) is 83.1 cm³/mol. The third-order valence-corrected chi connectivity index (χ3v) is 7.09. The first-order chi connectivity index (χ1) is 11.1. The highest BCUT2D eigenvalue weighted by Crippen LogP contribution is 2.49. The van der Waals surface area contributed by atoms with E-state index in [9.17, 15) is 27.9 Å². The molecule has 0 amide bonds. The van der Waals surface area contributed by atoms with E-state index in [0.717, 1.165) is 26.1 Å². The minimum atomic E-state index is -4.17. The fraction of sp³-hybridized carbons (Fsp3) is 0.643. The third kappa shape index (κ3) is 2.16. The van der Waals surface area contributed by atoms with Crippen molar-refractivity contribution in [2.75, 3.05) is 13.1 Å². The van der Waals surface area contributed by atoms with Crippen LogP contribution in [0, 0.1) is 11.3 Å². The second-order valence-electron chi connectivity index (χ2n) is 6.60. The summed E-state index contributed by atoms with van der Waals surface area (Å²) in [5.74, 6) is -1.24. The number of rotatable bonds is 3. The number of nitrogens with zero attached hydrogens (tertiary/aromatic N) is 3. The number of hydrogen-bond acceptors (Lipinski definition) is 5. The van der Waals surface area contributed by atoms with Crippen LogP contribution in [0.3, 0.4) is 0 Å². The molecule has 1 aromatic heterocycles. The molecular formula is C14H19N3O6S. The lowest BCUT2D eigenvalue weighted by Gasteiger charge is -2.23. The van der Waals surface area contributed by atoms with E-state index in [-0.39, 0.29) is 19.0 Å². The monoisotopic (exact) mass is 357 g/mol. The van der Waals surface area contributed by atoms with Crippen molar-refractivity contribution < 1.29 is 18.3 Å². The lowest BCUT2D eigenvalue weighted by molar-refractivity contribution is -0.149. The van der Waals surface area contributed by atoms with Crippen molar-refractivity contribution in [2.24, 2.45) is 25.4 Å². The maximum Gasteiger partial charge on any atom is 0.330 e. The van der Waals surface area contributed by atoms with E-state index >= 15 is 0 Å². The zero-order valence-electron chi connectivity index (χ0n) is 13.4. The van der Waals surface area contributed by atoms with Crippen molar-refractivity contribution in [2.45, 2.75) is 24.2 Å². The Morgan fingerprint density at radius 2 is 2.00 bits per heavy atom. The van der Waals surface area contributed by atoms with Gasteiger partial charge >= 0.3 is 11.7 Å². The number of carboxylic acids is 1. The summed E-state index contributed by atoms with van der Waals surface area (Å²) in [6.45, 7) is -0.0536. The first-order valence-electron chi connectivity index (χ1n) is 7.61. The molecule has 0 bridgehead atoms. The maximum absolute atomic E-state index is 12.9. The van der Waals surface area contributed by atoms with E-state index in [1.165, 1.54) is 14.1 Å². The predicted octanol–water partition coefficient (Wildman–Crippen LogP) is -1.04. The molecular weight excluding hydrogens is 338 g/mol. The Kier molecular flexibility index (Phi) is 3.72. The number of fused-ring (bicyclic) bond motifs is 1. The van der Waals surface area contributed by atoms with Gasteiger partial charge in [-0.05, 0) is 18.8 Å². The van der Waals surface area contributed by atoms with Gasteiger partial charge in [-0.25, -0.2) is 13.2 Å². The SMILES string of the molecule is Cn1cc(S(=O)(=O)N2C[C@@H]3CCC[C@@]3(C(=O)O)C2)c(=O)n(C)c1=O. The first-order valence-corrected chi connectivity index (χ1v) is 9.05. The molecule has 9 nitrogen and oxygen atoms in total. The summed E-state index contributed by atoms with van der Waals surface area (Å²) >= 11 is 0. The summed E-state index contributed by atoms with van der Waals surface area (Å²) < 4.78 is 28.6. The first kappa shape index (κ1) is 16.9. The second-order valence-corrected chi connectivity index (χ2v) is 8.51. The average molecular weight is 357 g/mol. The van der Waals surface area contributed by atoms with Gasteiger partial charge in [-0.2, -0.15) is 4.31 Å². The molecule has 1 aromatic rings. The molecule has 2 fully saturated rings. The third-order valence-electron chi connectivity index (χ3n) is 5.30. The lowest BCUT2D eigenvalue weighted by Crippen LogP contribution is -2.43. The maximum atomic E-state index is 12.9. The lowest BCUT2D eigenvalue weighted by atomic mass is 9.81. The summed E-state index contributed by atoms with van der Waals surface area (Å²) in [5.41, 5.74) is -2.60. The largest absolute Gasteiger partial charge is 0.481 e. The van der Waals surface area contributed by atoms with E-state index in [2.05, 4.69) is 0 Å². The van der Waals surface area contributed by atoms with Crippen molar-refractivity contribution in [1.29, 1.82) is 0 Å². The summed E-state index contributed by atoms with van der Waals surface area (Å²) in [6, 6.07) is 0. The highest BCUT2D eigenvalue weighted by molar-refractivity contribution is 7.89. The summed E-state index contributed by atoms with van der Waals surface area (Å²) in [4.78, 5) is 35.2. The van der Waals surface area contributed by atoms with Crippen LogP contribution in [0.4, 0.5) is 0 Å². The topological polar surface area (TPSA) is 119 Å². The quantitative estimate of drug-likeness (QED) is 0.738. The van der Waals surface area contributed by atoms with Crippen molar-refractivity contribution in [3.05, 3.63) is 27.0 Å². The molecule has 1 saturated heterocycles. The Morgan fingerprint density at radius 1 is 1.33 bits per heavy atom. The zero-order valence-corrected chi connectivity index (χ0v) is 14.2. The van der Waals surface area contributed by atoms with Gasteiger partial charge < -0.3 is 9.67 Å². The summed E-state index contributed by atoms with van der Waals surface area (Å²) in [7, 11) is -1.60. The minimum Gasteiger partial charge on any atom is -0.481 e. The van der Waals surface area contributed by atoms with Crippen LogP contribution in [0.25, 0.3) is 0 Å². The highest BCUT2D eigenvalue weighted by Gasteiger charge is 2.57. The fourth-order valence-electron chi connectivity index (χ4n) is 3.87. The molecule has 0 unspecified atom stereocenters. The summed E-state index contributed by atoms with van der Waals surface area (Å²) in [5, 5.41) is 9.57. The van der Waals surface area contributed by atoms with E-state index < -0.39 is 37.6 Å². The Hall–Kier alpha value is -1.94. The molecule has 0 spiro atoms. The number of aromatic nitrogens is 2. The second kappa shape index (κ2) is 5.28. The van der Waals surface area contributed by atoms with Crippen molar-refractivity contribution in [3.63, 3.8) is 0 Å². The Balaban J connectivity index is 2.07. The van der Waals surface area contributed by atoms with Crippen molar-refractivity contribution >= 4 is 16.0 Å². The van der Waals surface area contributed by atoms with Crippen LogP contribution in [0.5, 0.6) is 0 Å². The molecule has 0 aromatic carbocycles. The van der Waals surface area contributed by atoms with Gasteiger partial charge in [0.05, 0.1) is 5.41 Å². The molecule has 3 rings (SSSR count). The van der Waals surface area contributed by atoms with Gasteiger partial charge in [0.15, 0.2) is 4.90 Å². The molecule has 10 heteroatoms. The van der Waals surface area contributed by atoms with Gasteiger partial charge in [0.25, 0.3) is 5.56 Å². The van der Waals surface area contributed by atoms with Crippen LogP contribution < -0.4 is 11.2 Å². The van der Waals surface area contributed by atoms with Crippen molar-refractivity contribution in [3.8, 4) is 0 Å². The van der Waals surface area contributed by atoms with Crippen LogP contribution in [0.15, 0.2) is 20.7 Å². The van der Waals surface area contributed by atoms with E-state index in [0.29, 0.717) is 12.8 Å². The highest BCUT2D eigenvalue weighted by atomic mass is 32.2. The molecule has 2 heterocycles. The van der Waals surface area contributed by atoms with Crippen LogP contribution >= 0.6 is 0 Å². The Morgan fingerprint density at radius 3 is 2.58 bits per heavy atom. The van der Waals surface area contributed by atoms with Gasteiger partial charge in [-0.3, -0.25) is 14.2 Å². The van der Waals surface area contributed by atoms with Gasteiger partial charge in [-0.15, -0.1) is 0 Å². The summed E-state index contributed by atoms with van der Waals surface area (Å²) in [6.07, 6.45) is 2.85. The van der Waals surface area contributed by atoms with Crippen LogP contribution in [0.2, 0.25) is 0 Å². The molecule has 24 heavy (non-hydrogen) atoms. The number of aliphatic carboxylic acids is 1. The molecule has 132 valence electrons. The van der Waals surface area contributed by atoms with E-state index in [4.69, 9.17) is 0 Å². The smallest absolute Gasteiger partial charge is 0.330 e. The van der Waals surface area contributed by atoms with Crippen molar-refractivity contribution in [1.82, 2.24) is 13.4 Å². The average Bonchev–Trinajstić information content (AvgIpc) is 3.07. The Labute approximate surface area is 138 Å². The normalized spacial score (nSPS) is 27.3. The molecule has 0 radical (unpaired) electrons. The van der Waals surface area contributed by atoms with E-state index in [1.54, 1.807) is 0 Å². The molecule has 1 aliphatic carbocycles. The minimum absolute atomic E-state index is 0.0840.